The second kappa shape index (κ2) is 10.9. The van der Waals surface area contributed by atoms with E-state index in [1.165, 1.54) is 18.4 Å². The van der Waals surface area contributed by atoms with Gasteiger partial charge in [0.2, 0.25) is 5.89 Å². The number of rotatable bonds is 7. The minimum atomic E-state index is 0.0679. The van der Waals surface area contributed by atoms with Crippen LogP contribution in [0.1, 0.15) is 75.1 Å². The first-order chi connectivity index (χ1) is 15.6. The van der Waals surface area contributed by atoms with E-state index < -0.39 is 0 Å². The van der Waals surface area contributed by atoms with E-state index in [2.05, 4.69) is 64.5 Å². The highest BCUT2D eigenvalue weighted by molar-refractivity contribution is 5.74. The number of likely N-dealkylation sites (tertiary alicyclic amines) is 2. The highest BCUT2D eigenvalue weighted by Gasteiger charge is 2.28. The van der Waals surface area contributed by atoms with Crippen LogP contribution in [-0.4, -0.2) is 58.7 Å². The summed E-state index contributed by atoms with van der Waals surface area (Å²) in [5.74, 6) is 2.74. The van der Waals surface area contributed by atoms with Crippen molar-refractivity contribution in [3.05, 3.63) is 47.6 Å². The SMILES string of the molecule is CC(C)c1noc(C2CCN(C(=O)NCCC3CCN(Cc4ccccc4)CC3)CC2)n1. The van der Waals surface area contributed by atoms with Crippen LogP contribution in [0.2, 0.25) is 0 Å². The third-order valence-electron chi connectivity index (χ3n) is 6.89. The van der Waals surface area contributed by atoms with Gasteiger partial charge in [0, 0.05) is 38.0 Å². The summed E-state index contributed by atoms with van der Waals surface area (Å²) in [7, 11) is 0. The summed E-state index contributed by atoms with van der Waals surface area (Å²) in [4.78, 5) is 21.6. The first-order valence-electron chi connectivity index (χ1n) is 12.2. The summed E-state index contributed by atoms with van der Waals surface area (Å²) >= 11 is 0. The standard InChI is InChI=1S/C25H37N5O2/c1-19(2)23-27-24(32-28-23)22-11-16-30(17-12-22)25(31)26-13-8-20-9-14-29(15-10-20)18-21-6-4-3-5-7-21/h3-7,19-20,22H,8-18H2,1-2H3,(H,26,31). The van der Waals surface area contributed by atoms with Crippen LogP contribution in [0.4, 0.5) is 4.79 Å². The predicted molar refractivity (Wildman–Crippen MR) is 124 cm³/mol. The lowest BCUT2D eigenvalue weighted by atomic mass is 9.93. The van der Waals surface area contributed by atoms with Crippen LogP contribution in [0.25, 0.3) is 0 Å². The van der Waals surface area contributed by atoms with Gasteiger partial charge in [0.25, 0.3) is 0 Å². The van der Waals surface area contributed by atoms with Gasteiger partial charge in [-0.25, -0.2) is 4.79 Å². The van der Waals surface area contributed by atoms with Crippen molar-refractivity contribution >= 4 is 6.03 Å². The molecule has 4 rings (SSSR count). The number of carbonyl (C=O) groups excluding carboxylic acids is 1. The zero-order chi connectivity index (χ0) is 22.3. The van der Waals surface area contributed by atoms with Crippen molar-refractivity contribution in [2.75, 3.05) is 32.7 Å². The van der Waals surface area contributed by atoms with Gasteiger partial charge in [-0.05, 0) is 56.7 Å². The Bertz CT molecular complexity index is 837. The molecule has 1 aromatic heterocycles. The molecule has 2 aromatic rings. The number of aromatic nitrogens is 2. The zero-order valence-corrected chi connectivity index (χ0v) is 19.5. The molecular weight excluding hydrogens is 402 g/mol. The summed E-state index contributed by atoms with van der Waals surface area (Å²) in [5, 5.41) is 7.22. The molecular formula is C25H37N5O2. The van der Waals surface area contributed by atoms with Gasteiger partial charge < -0.3 is 14.7 Å². The summed E-state index contributed by atoms with van der Waals surface area (Å²) in [6, 6.07) is 10.8. The largest absolute Gasteiger partial charge is 0.339 e. The monoisotopic (exact) mass is 439 g/mol. The van der Waals surface area contributed by atoms with Gasteiger partial charge in [0.15, 0.2) is 5.82 Å². The normalized spacial score (nSPS) is 18.9. The summed E-state index contributed by atoms with van der Waals surface area (Å²) in [6.45, 7) is 9.73. The van der Waals surface area contributed by atoms with Crippen LogP contribution in [0, 0.1) is 5.92 Å². The van der Waals surface area contributed by atoms with Crippen molar-refractivity contribution in [3.63, 3.8) is 0 Å². The lowest BCUT2D eigenvalue weighted by molar-refractivity contribution is 0.164. The smallest absolute Gasteiger partial charge is 0.317 e. The molecule has 0 spiro atoms. The number of benzene rings is 1. The van der Waals surface area contributed by atoms with Crippen LogP contribution in [-0.2, 0) is 6.54 Å². The number of urea groups is 1. The Morgan fingerprint density at radius 1 is 1.09 bits per heavy atom. The molecule has 0 atom stereocenters. The topological polar surface area (TPSA) is 74.5 Å². The predicted octanol–water partition coefficient (Wildman–Crippen LogP) is 4.38. The van der Waals surface area contributed by atoms with Gasteiger partial charge in [0.05, 0.1) is 0 Å². The summed E-state index contributed by atoms with van der Waals surface area (Å²) in [6.07, 6.45) is 5.27. The molecule has 0 bridgehead atoms. The fourth-order valence-electron chi connectivity index (χ4n) is 4.75. The van der Waals surface area contributed by atoms with E-state index in [0.717, 1.165) is 70.2 Å². The Morgan fingerprint density at radius 3 is 2.47 bits per heavy atom. The Hall–Kier alpha value is -2.41. The van der Waals surface area contributed by atoms with E-state index in [4.69, 9.17) is 4.52 Å². The van der Waals surface area contributed by atoms with Crippen LogP contribution >= 0.6 is 0 Å². The Balaban J connectivity index is 1.11. The lowest BCUT2D eigenvalue weighted by Crippen LogP contribution is -2.44. The van der Waals surface area contributed by atoms with Crippen LogP contribution in [0.5, 0.6) is 0 Å². The molecule has 7 nitrogen and oxygen atoms in total. The van der Waals surface area contributed by atoms with Gasteiger partial charge in [-0.1, -0.05) is 49.3 Å². The van der Waals surface area contributed by atoms with E-state index in [-0.39, 0.29) is 17.9 Å². The highest BCUT2D eigenvalue weighted by atomic mass is 16.5. The quantitative estimate of drug-likeness (QED) is 0.693. The van der Waals surface area contributed by atoms with Crippen molar-refractivity contribution in [1.82, 2.24) is 25.3 Å². The average Bonchev–Trinajstić information content (AvgIpc) is 3.32. The van der Waals surface area contributed by atoms with Gasteiger partial charge in [-0.15, -0.1) is 0 Å². The number of carbonyl (C=O) groups is 1. The number of nitrogens with one attached hydrogen (secondary N) is 1. The molecule has 2 amide bonds. The summed E-state index contributed by atoms with van der Waals surface area (Å²) in [5.41, 5.74) is 1.39. The molecule has 0 unspecified atom stereocenters. The molecule has 1 aromatic carbocycles. The second-order valence-corrected chi connectivity index (χ2v) is 9.63. The van der Waals surface area contributed by atoms with Crippen molar-refractivity contribution < 1.29 is 9.32 Å². The third kappa shape index (κ3) is 6.09. The molecule has 2 aliphatic heterocycles. The third-order valence-corrected chi connectivity index (χ3v) is 6.89. The van der Waals surface area contributed by atoms with Crippen molar-refractivity contribution in [1.29, 1.82) is 0 Å². The molecule has 1 N–H and O–H groups in total. The minimum absolute atomic E-state index is 0.0679. The Labute approximate surface area is 191 Å². The summed E-state index contributed by atoms with van der Waals surface area (Å²) < 4.78 is 5.45. The van der Waals surface area contributed by atoms with Gasteiger partial charge in [-0.3, -0.25) is 4.90 Å². The number of nitrogens with zero attached hydrogens (tertiary/aromatic N) is 4. The van der Waals surface area contributed by atoms with Crippen molar-refractivity contribution in [2.45, 2.75) is 64.3 Å². The van der Waals surface area contributed by atoms with Gasteiger partial charge >= 0.3 is 6.03 Å². The van der Waals surface area contributed by atoms with E-state index in [1.54, 1.807) is 0 Å². The zero-order valence-electron chi connectivity index (χ0n) is 19.5. The average molecular weight is 440 g/mol. The van der Waals surface area contributed by atoms with Crippen LogP contribution < -0.4 is 5.32 Å². The first kappa shape index (κ1) is 22.8. The van der Waals surface area contributed by atoms with E-state index in [0.29, 0.717) is 5.92 Å². The van der Waals surface area contributed by atoms with Crippen molar-refractivity contribution in [3.8, 4) is 0 Å². The number of amides is 2. The van der Waals surface area contributed by atoms with Crippen molar-refractivity contribution in [2.24, 2.45) is 5.92 Å². The molecule has 0 radical (unpaired) electrons. The number of hydrogen-bond acceptors (Lipinski definition) is 5. The fourth-order valence-corrected chi connectivity index (χ4v) is 4.75. The molecule has 174 valence electrons. The molecule has 2 saturated heterocycles. The lowest BCUT2D eigenvalue weighted by Gasteiger charge is -2.33. The second-order valence-electron chi connectivity index (χ2n) is 9.63. The maximum atomic E-state index is 12.6. The molecule has 0 saturated carbocycles. The van der Waals surface area contributed by atoms with Crippen LogP contribution in [0.15, 0.2) is 34.9 Å². The van der Waals surface area contributed by atoms with E-state index in [1.807, 2.05) is 4.90 Å². The maximum Gasteiger partial charge on any atom is 0.317 e. The molecule has 0 aliphatic carbocycles. The molecule has 2 fully saturated rings. The Morgan fingerprint density at radius 2 is 1.81 bits per heavy atom. The van der Waals surface area contributed by atoms with Crippen LogP contribution in [0.3, 0.4) is 0 Å². The number of piperidine rings is 2. The van der Waals surface area contributed by atoms with E-state index in [9.17, 15) is 4.79 Å². The Kier molecular flexibility index (Phi) is 7.79. The number of hydrogen-bond donors (Lipinski definition) is 1. The highest BCUT2D eigenvalue weighted by Crippen LogP contribution is 2.28. The van der Waals surface area contributed by atoms with Gasteiger partial charge in [-0.2, -0.15) is 4.98 Å². The minimum Gasteiger partial charge on any atom is -0.339 e. The molecule has 7 heteroatoms. The first-order valence-corrected chi connectivity index (χ1v) is 12.2. The van der Waals surface area contributed by atoms with E-state index >= 15 is 0 Å². The maximum absolute atomic E-state index is 12.6. The molecule has 2 aliphatic rings. The molecule has 3 heterocycles. The fraction of sp³-hybridized carbons (Fsp3) is 0.640. The van der Waals surface area contributed by atoms with Gasteiger partial charge in [0.1, 0.15) is 0 Å². The molecule has 32 heavy (non-hydrogen) atoms.